The van der Waals surface area contributed by atoms with E-state index < -0.39 is 24.3 Å². The first-order valence-electron chi connectivity index (χ1n) is 8.45. The summed E-state index contributed by atoms with van der Waals surface area (Å²) in [5, 5.41) is 4.98. The molecule has 0 heterocycles. The van der Waals surface area contributed by atoms with E-state index in [1.807, 2.05) is 0 Å². The highest BCUT2D eigenvalue weighted by Crippen LogP contribution is 2.23. The summed E-state index contributed by atoms with van der Waals surface area (Å²) in [6.07, 6.45) is 4.89. The summed E-state index contributed by atoms with van der Waals surface area (Å²) in [5.74, 6) is -1.87. The van der Waals surface area contributed by atoms with Gasteiger partial charge in [0.2, 0.25) is 5.91 Å². The lowest BCUT2D eigenvalue weighted by Gasteiger charge is -2.20. The summed E-state index contributed by atoms with van der Waals surface area (Å²) in [6, 6.07) is 4.29. The number of nitrogens with one attached hydrogen (secondary N) is 2. The van der Waals surface area contributed by atoms with Crippen LogP contribution in [0.15, 0.2) is 18.2 Å². The van der Waals surface area contributed by atoms with E-state index in [0.717, 1.165) is 32.1 Å². The molecule has 0 unspecified atom stereocenters. The third kappa shape index (κ3) is 6.17. The van der Waals surface area contributed by atoms with Crippen molar-refractivity contribution in [3.8, 4) is 0 Å². The predicted octanol–water partition coefficient (Wildman–Crippen LogP) is 2.31. The van der Waals surface area contributed by atoms with Gasteiger partial charge in [-0.3, -0.25) is 14.4 Å². The Balaban J connectivity index is 1.67. The van der Waals surface area contributed by atoms with E-state index in [1.165, 1.54) is 12.1 Å². The fraction of sp³-hybridized carbons (Fsp3) is 0.500. The van der Waals surface area contributed by atoms with Gasteiger partial charge >= 0.3 is 5.97 Å². The maximum atomic E-state index is 13.4. The molecule has 136 valence electrons. The Labute approximate surface area is 146 Å². The van der Waals surface area contributed by atoms with Gasteiger partial charge in [0.05, 0.1) is 0 Å². The van der Waals surface area contributed by atoms with Crippen LogP contribution in [0, 0.1) is 18.7 Å². The largest absolute Gasteiger partial charge is 0.454 e. The molecule has 0 aromatic heterocycles. The fourth-order valence-electron chi connectivity index (χ4n) is 2.73. The predicted molar refractivity (Wildman–Crippen MR) is 90.3 cm³/mol. The van der Waals surface area contributed by atoms with Crippen LogP contribution in [0.4, 0.5) is 10.1 Å². The topological polar surface area (TPSA) is 84.5 Å². The number of hydrogen-bond acceptors (Lipinski definition) is 4. The molecule has 1 saturated carbocycles. The number of esters is 1. The molecule has 1 aliphatic rings. The summed E-state index contributed by atoms with van der Waals surface area (Å²) < 4.78 is 18.2. The molecular formula is C18H23FN2O4. The van der Waals surface area contributed by atoms with Gasteiger partial charge in [0, 0.05) is 11.6 Å². The highest BCUT2D eigenvalue weighted by atomic mass is 19.1. The number of hydrogen-bond donors (Lipinski definition) is 2. The zero-order valence-electron chi connectivity index (χ0n) is 14.3. The molecule has 0 bridgehead atoms. The second kappa shape index (κ2) is 9.15. The van der Waals surface area contributed by atoms with Crippen molar-refractivity contribution in [3.63, 3.8) is 0 Å². The summed E-state index contributed by atoms with van der Waals surface area (Å²) in [4.78, 5) is 35.2. The Hall–Kier alpha value is -2.44. The van der Waals surface area contributed by atoms with Gasteiger partial charge in [0.25, 0.3) is 5.91 Å². The molecule has 2 rings (SSSR count). The molecule has 1 aliphatic carbocycles. The second-order valence-electron chi connectivity index (χ2n) is 6.23. The molecule has 1 aromatic carbocycles. The highest BCUT2D eigenvalue weighted by molar-refractivity contribution is 5.93. The maximum Gasteiger partial charge on any atom is 0.325 e. The van der Waals surface area contributed by atoms with Crippen LogP contribution in [-0.4, -0.2) is 30.9 Å². The number of carbonyl (C=O) groups is 3. The van der Waals surface area contributed by atoms with Gasteiger partial charge < -0.3 is 15.4 Å². The van der Waals surface area contributed by atoms with Crippen LogP contribution in [-0.2, 0) is 19.1 Å². The third-order valence-corrected chi connectivity index (χ3v) is 4.20. The lowest BCUT2D eigenvalue weighted by Crippen LogP contribution is -2.36. The Morgan fingerprint density at radius 3 is 2.60 bits per heavy atom. The van der Waals surface area contributed by atoms with Crippen molar-refractivity contribution in [1.82, 2.24) is 5.32 Å². The van der Waals surface area contributed by atoms with Crippen molar-refractivity contribution in [2.45, 2.75) is 39.0 Å². The minimum atomic E-state index is -0.686. The molecule has 25 heavy (non-hydrogen) atoms. The molecule has 2 N–H and O–H groups in total. The van der Waals surface area contributed by atoms with Crippen LogP contribution in [0.1, 0.15) is 37.7 Å². The first-order valence-corrected chi connectivity index (χ1v) is 8.45. The lowest BCUT2D eigenvalue weighted by atomic mass is 9.89. The number of amides is 2. The quantitative estimate of drug-likeness (QED) is 0.771. The van der Waals surface area contributed by atoms with Crippen molar-refractivity contribution in [1.29, 1.82) is 0 Å². The van der Waals surface area contributed by atoms with E-state index in [-0.39, 0.29) is 24.1 Å². The molecule has 0 saturated heterocycles. The summed E-state index contributed by atoms with van der Waals surface area (Å²) in [6.45, 7) is 0.861. The van der Waals surface area contributed by atoms with E-state index in [9.17, 15) is 18.8 Å². The molecule has 7 heteroatoms. The summed E-state index contributed by atoms with van der Waals surface area (Å²) in [7, 11) is 0. The molecule has 1 fully saturated rings. The zero-order chi connectivity index (χ0) is 18.2. The molecule has 6 nitrogen and oxygen atoms in total. The van der Waals surface area contributed by atoms with E-state index in [4.69, 9.17) is 4.74 Å². The van der Waals surface area contributed by atoms with Gasteiger partial charge in [-0.15, -0.1) is 0 Å². The Morgan fingerprint density at radius 1 is 1.20 bits per heavy atom. The smallest absolute Gasteiger partial charge is 0.325 e. The summed E-state index contributed by atoms with van der Waals surface area (Å²) >= 11 is 0. The average Bonchev–Trinajstić information content (AvgIpc) is 2.61. The number of halogens is 1. The fourth-order valence-corrected chi connectivity index (χ4v) is 2.73. The van der Waals surface area contributed by atoms with Crippen LogP contribution in [0.2, 0.25) is 0 Å². The second-order valence-corrected chi connectivity index (χ2v) is 6.23. The van der Waals surface area contributed by atoms with Crippen molar-refractivity contribution in [2.75, 3.05) is 18.5 Å². The Kier molecular flexibility index (Phi) is 6.91. The molecule has 0 radical (unpaired) electrons. The van der Waals surface area contributed by atoms with Crippen LogP contribution < -0.4 is 10.6 Å². The van der Waals surface area contributed by atoms with Crippen LogP contribution in [0.3, 0.4) is 0 Å². The lowest BCUT2D eigenvalue weighted by molar-refractivity contribution is -0.147. The minimum Gasteiger partial charge on any atom is -0.454 e. The molecule has 0 atom stereocenters. The van der Waals surface area contributed by atoms with E-state index in [2.05, 4.69) is 10.6 Å². The SMILES string of the molecule is Cc1ccc(NC(=O)COC(=O)CNC(=O)C2CCCCC2)cc1F. The number of aryl methyl sites for hydroxylation is 1. The normalized spacial score (nSPS) is 14.6. The number of benzene rings is 1. The average molecular weight is 350 g/mol. The highest BCUT2D eigenvalue weighted by Gasteiger charge is 2.21. The van der Waals surface area contributed by atoms with Gasteiger partial charge in [-0.1, -0.05) is 25.3 Å². The van der Waals surface area contributed by atoms with Gasteiger partial charge in [-0.2, -0.15) is 0 Å². The zero-order valence-corrected chi connectivity index (χ0v) is 14.3. The van der Waals surface area contributed by atoms with Crippen LogP contribution >= 0.6 is 0 Å². The monoisotopic (exact) mass is 350 g/mol. The maximum absolute atomic E-state index is 13.4. The van der Waals surface area contributed by atoms with Crippen LogP contribution in [0.25, 0.3) is 0 Å². The van der Waals surface area contributed by atoms with Crippen LogP contribution in [0.5, 0.6) is 0 Å². The number of ether oxygens (including phenoxy) is 1. The first-order chi connectivity index (χ1) is 12.0. The molecular weight excluding hydrogens is 327 g/mol. The summed E-state index contributed by atoms with van der Waals surface area (Å²) in [5.41, 5.74) is 0.757. The van der Waals surface area contributed by atoms with Crippen molar-refractivity contribution >= 4 is 23.5 Å². The van der Waals surface area contributed by atoms with Gasteiger partial charge in [-0.05, 0) is 37.5 Å². The number of anilines is 1. The van der Waals surface area contributed by atoms with Crippen molar-refractivity contribution < 1.29 is 23.5 Å². The third-order valence-electron chi connectivity index (χ3n) is 4.20. The molecule has 2 amide bonds. The van der Waals surface area contributed by atoms with E-state index >= 15 is 0 Å². The number of rotatable bonds is 6. The van der Waals surface area contributed by atoms with Gasteiger partial charge in [-0.25, -0.2) is 4.39 Å². The Bertz CT molecular complexity index is 642. The van der Waals surface area contributed by atoms with E-state index in [0.29, 0.717) is 5.56 Å². The number of carbonyl (C=O) groups excluding carboxylic acids is 3. The molecule has 1 aromatic rings. The van der Waals surface area contributed by atoms with Crippen molar-refractivity contribution in [2.24, 2.45) is 5.92 Å². The van der Waals surface area contributed by atoms with Gasteiger partial charge in [0.1, 0.15) is 12.4 Å². The van der Waals surface area contributed by atoms with E-state index in [1.54, 1.807) is 13.0 Å². The molecule has 0 spiro atoms. The standard InChI is InChI=1S/C18H23FN2O4/c1-12-7-8-14(9-15(12)19)21-16(22)11-25-17(23)10-20-18(24)13-5-3-2-4-6-13/h7-9,13H,2-6,10-11H2,1H3,(H,20,24)(H,21,22). The van der Waals surface area contributed by atoms with Crippen molar-refractivity contribution in [3.05, 3.63) is 29.6 Å². The van der Waals surface area contributed by atoms with Gasteiger partial charge in [0.15, 0.2) is 6.61 Å². The minimum absolute atomic E-state index is 0.0405. The molecule has 0 aliphatic heterocycles. The Morgan fingerprint density at radius 2 is 1.92 bits per heavy atom. The first kappa shape index (κ1) is 18.9.